The van der Waals surface area contributed by atoms with Crippen molar-refractivity contribution in [3.05, 3.63) is 101 Å². The first-order valence-electron chi connectivity index (χ1n) is 10.5. The number of halogens is 1. The molecule has 2 heterocycles. The Hall–Kier alpha value is -3.19. The molecule has 5 rings (SSSR count). The number of amides is 1. The van der Waals surface area contributed by atoms with Gasteiger partial charge >= 0.3 is 5.97 Å². The van der Waals surface area contributed by atoms with Crippen LogP contribution in [0.3, 0.4) is 0 Å². The maximum absolute atomic E-state index is 13.5. The standard InChI is InChI=1S/C25H22ClN3O3/c26-19-11-13-20(14-12-19)28-23(30)21-15-27-16-22-24(31)32-25(29(21)22,17-7-3-1-4-8-17)18-9-5-2-6-10-18/h1-14,21-22,27H,15-16H2,(H,28,30). The van der Waals surface area contributed by atoms with Gasteiger partial charge in [-0.1, -0.05) is 72.3 Å². The first-order chi connectivity index (χ1) is 15.6. The molecule has 2 N–H and O–H groups in total. The fraction of sp³-hybridized carbons (Fsp3) is 0.200. The van der Waals surface area contributed by atoms with Gasteiger partial charge in [0.1, 0.15) is 12.1 Å². The van der Waals surface area contributed by atoms with Crippen LogP contribution in [0, 0.1) is 0 Å². The van der Waals surface area contributed by atoms with Crippen molar-refractivity contribution < 1.29 is 14.3 Å². The molecule has 3 aromatic carbocycles. The van der Waals surface area contributed by atoms with Gasteiger partial charge in [0.25, 0.3) is 0 Å². The topological polar surface area (TPSA) is 70.7 Å². The molecule has 0 aliphatic carbocycles. The van der Waals surface area contributed by atoms with E-state index in [4.69, 9.17) is 16.3 Å². The summed E-state index contributed by atoms with van der Waals surface area (Å²) in [6.07, 6.45) is 0. The normalized spacial score (nSPS) is 22.1. The van der Waals surface area contributed by atoms with E-state index < -0.39 is 17.8 Å². The van der Waals surface area contributed by atoms with E-state index in [9.17, 15) is 9.59 Å². The summed E-state index contributed by atoms with van der Waals surface area (Å²) in [6.45, 7) is 0.791. The second kappa shape index (κ2) is 8.39. The number of esters is 1. The number of carbonyl (C=O) groups excluding carboxylic acids is 2. The van der Waals surface area contributed by atoms with Crippen LogP contribution in [0.25, 0.3) is 0 Å². The predicted molar refractivity (Wildman–Crippen MR) is 122 cm³/mol. The number of piperazine rings is 1. The molecule has 2 saturated heterocycles. The fourth-order valence-electron chi connectivity index (χ4n) is 4.56. The van der Waals surface area contributed by atoms with Crippen LogP contribution in [0.4, 0.5) is 5.69 Å². The molecule has 162 valence electrons. The van der Waals surface area contributed by atoms with E-state index in [1.807, 2.05) is 65.6 Å². The van der Waals surface area contributed by atoms with E-state index in [0.717, 1.165) is 11.1 Å². The third-order valence-electron chi connectivity index (χ3n) is 5.98. The van der Waals surface area contributed by atoms with Crippen molar-refractivity contribution in [3.63, 3.8) is 0 Å². The van der Waals surface area contributed by atoms with Gasteiger partial charge in [-0.05, 0) is 24.3 Å². The Balaban J connectivity index is 1.60. The van der Waals surface area contributed by atoms with Gasteiger partial charge in [0.15, 0.2) is 0 Å². The molecule has 3 aromatic rings. The summed E-state index contributed by atoms with van der Waals surface area (Å²) in [5, 5.41) is 6.78. The van der Waals surface area contributed by atoms with Gasteiger partial charge in [0.05, 0.1) is 0 Å². The number of hydrogen-bond acceptors (Lipinski definition) is 5. The number of anilines is 1. The smallest absolute Gasteiger partial charge is 0.327 e. The average molecular weight is 448 g/mol. The molecule has 2 fully saturated rings. The summed E-state index contributed by atoms with van der Waals surface area (Å²) in [6, 6.07) is 24.9. The summed E-state index contributed by atoms with van der Waals surface area (Å²) in [5.41, 5.74) is 1.04. The van der Waals surface area contributed by atoms with Crippen molar-refractivity contribution in [2.45, 2.75) is 17.8 Å². The fourth-order valence-corrected chi connectivity index (χ4v) is 4.69. The maximum Gasteiger partial charge on any atom is 0.327 e. The lowest BCUT2D eigenvalue weighted by molar-refractivity contribution is -0.152. The summed E-state index contributed by atoms with van der Waals surface area (Å²) >= 11 is 5.97. The summed E-state index contributed by atoms with van der Waals surface area (Å²) in [5.74, 6) is -0.576. The van der Waals surface area contributed by atoms with Gasteiger partial charge < -0.3 is 15.4 Å². The molecule has 2 unspecified atom stereocenters. The number of cyclic esters (lactones) is 1. The van der Waals surface area contributed by atoms with E-state index in [1.54, 1.807) is 24.3 Å². The van der Waals surface area contributed by atoms with E-state index in [2.05, 4.69) is 10.6 Å². The third-order valence-corrected chi connectivity index (χ3v) is 6.23. The highest BCUT2D eigenvalue weighted by atomic mass is 35.5. The second-order valence-corrected chi connectivity index (χ2v) is 8.33. The molecule has 2 aliphatic heterocycles. The van der Waals surface area contributed by atoms with Crippen LogP contribution in [0.1, 0.15) is 11.1 Å². The van der Waals surface area contributed by atoms with Crippen molar-refractivity contribution in [3.8, 4) is 0 Å². The average Bonchev–Trinajstić information content (AvgIpc) is 3.15. The second-order valence-electron chi connectivity index (χ2n) is 7.89. The molecule has 32 heavy (non-hydrogen) atoms. The number of nitrogens with zero attached hydrogens (tertiary/aromatic N) is 1. The monoisotopic (exact) mass is 447 g/mol. The number of benzene rings is 3. The van der Waals surface area contributed by atoms with Gasteiger partial charge in [0.2, 0.25) is 11.6 Å². The first-order valence-corrected chi connectivity index (χ1v) is 10.9. The molecule has 0 radical (unpaired) electrons. The Bertz CT molecular complexity index is 1080. The Labute approximate surface area is 191 Å². The highest BCUT2D eigenvalue weighted by Gasteiger charge is 2.60. The Morgan fingerprint density at radius 1 is 0.938 bits per heavy atom. The third kappa shape index (κ3) is 3.46. The van der Waals surface area contributed by atoms with Gasteiger partial charge in [-0.2, -0.15) is 0 Å². The number of hydrogen-bond donors (Lipinski definition) is 2. The Morgan fingerprint density at radius 3 is 2.12 bits per heavy atom. The van der Waals surface area contributed by atoms with Crippen molar-refractivity contribution in [2.24, 2.45) is 0 Å². The molecule has 2 aliphatic rings. The minimum absolute atomic E-state index is 0.223. The van der Waals surface area contributed by atoms with Crippen LogP contribution in [0.5, 0.6) is 0 Å². The first kappa shape index (κ1) is 20.7. The zero-order chi connectivity index (χ0) is 22.1. The van der Waals surface area contributed by atoms with Gasteiger partial charge in [-0.3, -0.25) is 9.59 Å². The van der Waals surface area contributed by atoms with Crippen molar-refractivity contribution in [2.75, 3.05) is 18.4 Å². The molecule has 2 atom stereocenters. The number of fused-ring (bicyclic) bond motifs is 1. The van der Waals surface area contributed by atoms with Crippen molar-refractivity contribution in [1.82, 2.24) is 10.2 Å². The summed E-state index contributed by atoms with van der Waals surface area (Å²) < 4.78 is 6.16. The molecule has 0 aromatic heterocycles. The van der Waals surface area contributed by atoms with Crippen molar-refractivity contribution >= 4 is 29.2 Å². The summed E-state index contributed by atoms with van der Waals surface area (Å²) in [4.78, 5) is 28.5. The van der Waals surface area contributed by atoms with Crippen molar-refractivity contribution in [1.29, 1.82) is 0 Å². The van der Waals surface area contributed by atoms with E-state index in [0.29, 0.717) is 23.8 Å². The minimum atomic E-state index is -1.20. The Kier molecular flexibility index (Phi) is 5.43. The molecule has 0 bridgehead atoms. The van der Waals surface area contributed by atoms with Crippen LogP contribution >= 0.6 is 11.6 Å². The number of carbonyl (C=O) groups is 2. The zero-order valence-electron chi connectivity index (χ0n) is 17.2. The minimum Gasteiger partial charge on any atom is -0.434 e. The SMILES string of the molecule is O=C(Nc1ccc(Cl)cc1)C1CNCC2C(=O)OC(c3ccccc3)(c3ccccc3)N12. The van der Waals surface area contributed by atoms with E-state index in [1.165, 1.54) is 0 Å². The van der Waals surface area contributed by atoms with E-state index in [-0.39, 0.29) is 11.9 Å². The molecule has 1 amide bonds. The maximum atomic E-state index is 13.5. The lowest BCUT2D eigenvalue weighted by atomic mass is 9.90. The highest BCUT2D eigenvalue weighted by Crippen LogP contribution is 2.45. The van der Waals surface area contributed by atoms with Crippen LogP contribution in [-0.4, -0.2) is 41.9 Å². The van der Waals surface area contributed by atoms with Crippen LogP contribution in [0.2, 0.25) is 5.02 Å². The summed E-state index contributed by atoms with van der Waals surface area (Å²) in [7, 11) is 0. The number of nitrogens with one attached hydrogen (secondary N) is 2. The van der Waals surface area contributed by atoms with Gasteiger partial charge in [-0.25, -0.2) is 4.90 Å². The van der Waals surface area contributed by atoms with Crippen LogP contribution < -0.4 is 10.6 Å². The number of ether oxygens (including phenoxy) is 1. The quantitative estimate of drug-likeness (QED) is 0.600. The lowest BCUT2D eigenvalue weighted by Crippen LogP contribution is -2.65. The van der Waals surface area contributed by atoms with Crippen LogP contribution in [0.15, 0.2) is 84.9 Å². The Morgan fingerprint density at radius 2 is 1.53 bits per heavy atom. The lowest BCUT2D eigenvalue weighted by Gasteiger charge is -2.44. The largest absolute Gasteiger partial charge is 0.434 e. The molecular formula is C25H22ClN3O3. The van der Waals surface area contributed by atoms with Crippen LogP contribution in [-0.2, 0) is 20.1 Å². The van der Waals surface area contributed by atoms with E-state index >= 15 is 0 Å². The molecule has 6 nitrogen and oxygen atoms in total. The zero-order valence-corrected chi connectivity index (χ0v) is 18.0. The van der Waals surface area contributed by atoms with Gasteiger partial charge in [0, 0.05) is 34.9 Å². The molecular weight excluding hydrogens is 426 g/mol. The molecule has 0 saturated carbocycles. The molecule has 0 spiro atoms. The molecule has 7 heteroatoms. The highest BCUT2D eigenvalue weighted by molar-refractivity contribution is 6.30. The predicted octanol–water partition coefficient (Wildman–Crippen LogP) is 3.38. The van der Waals surface area contributed by atoms with Gasteiger partial charge in [-0.15, -0.1) is 0 Å². The number of rotatable bonds is 4.